The van der Waals surface area contributed by atoms with Crippen LogP contribution < -0.4 is 0 Å². The number of carboxylic acid groups (broad SMARTS) is 2. The molecule has 106 valence electrons. The van der Waals surface area contributed by atoms with E-state index < -0.39 is 18.0 Å². The maximum absolute atomic E-state index is 10.6. The molecule has 0 aromatic carbocycles. The third-order valence-corrected chi connectivity index (χ3v) is 3.52. The normalized spacial score (nSPS) is 14.4. The standard InChI is InChI=1S/C10H19NO6S/c1-7(5-18-6-8(13)4-12)11(2-9(14)15)3-10(16)17/h7-8,12-13H,2-6H2,1H3,(H,14,15)(H,16,17). The summed E-state index contributed by atoms with van der Waals surface area (Å²) in [6.45, 7) is 0.729. The number of hydrogen-bond acceptors (Lipinski definition) is 6. The highest BCUT2D eigenvalue weighted by molar-refractivity contribution is 7.99. The lowest BCUT2D eigenvalue weighted by molar-refractivity contribution is -0.142. The maximum atomic E-state index is 10.6. The molecule has 0 aromatic rings. The van der Waals surface area contributed by atoms with E-state index in [2.05, 4.69) is 0 Å². The number of rotatable bonds is 10. The Balaban J connectivity index is 4.15. The number of hydrogen-bond donors (Lipinski definition) is 4. The van der Waals surface area contributed by atoms with Gasteiger partial charge in [0.25, 0.3) is 0 Å². The van der Waals surface area contributed by atoms with Gasteiger partial charge in [0, 0.05) is 17.5 Å². The van der Waals surface area contributed by atoms with Gasteiger partial charge in [-0.2, -0.15) is 11.8 Å². The maximum Gasteiger partial charge on any atom is 0.317 e. The van der Waals surface area contributed by atoms with Gasteiger partial charge >= 0.3 is 11.9 Å². The molecule has 4 N–H and O–H groups in total. The molecule has 0 fully saturated rings. The van der Waals surface area contributed by atoms with Crippen molar-refractivity contribution in [1.82, 2.24) is 4.90 Å². The van der Waals surface area contributed by atoms with Crippen molar-refractivity contribution in [3.05, 3.63) is 0 Å². The Labute approximate surface area is 109 Å². The van der Waals surface area contributed by atoms with E-state index in [1.807, 2.05) is 0 Å². The summed E-state index contributed by atoms with van der Waals surface area (Å²) < 4.78 is 0. The smallest absolute Gasteiger partial charge is 0.317 e. The average Bonchev–Trinajstić information content (AvgIpc) is 2.26. The first-order chi connectivity index (χ1) is 8.36. The first-order valence-electron chi connectivity index (χ1n) is 5.41. The molecule has 0 saturated heterocycles. The van der Waals surface area contributed by atoms with Crippen LogP contribution in [0.3, 0.4) is 0 Å². The summed E-state index contributed by atoms with van der Waals surface area (Å²) in [4.78, 5) is 22.6. The summed E-state index contributed by atoms with van der Waals surface area (Å²) in [5, 5.41) is 35.1. The van der Waals surface area contributed by atoms with Gasteiger partial charge in [-0.1, -0.05) is 0 Å². The fourth-order valence-corrected chi connectivity index (χ4v) is 2.31. The summed E-state index contributed by atoms with van der Waals surface area (Å²) in [6.07, 6.45) is -0.811. The van der Waals surface area contributed by atoms with Gasteiger partial charge in [0.05, 0.1) is 25.8 Å². The highest BCUT2D eigenvalue weighted by atomic mass is 32.2. The topological polar surface area (TPSA) is 118 Å². The average molecular weight is 281 g/mol. The summed E-state index contributed by atoms with van der Waals surface area (Å²) in [6, 6.07) is -0.243. The lowest BCUT2D eigenvalue weighted by Gasteiger charge is -2.25. The number of aliphatic hydroxyl groups is 2. The van der Waals surface area contributed by atoms with E-state index in [1.54, 1.807) is 6.92 Å². The number of nitrogens with zero attached hydrogens (tertiary/aromatic N) is 1. The zero-order valence-electron chi connectivity index (χ0n) is 10.2. The number of thioether (sulfide) groups is 1. The minimum Gasteiger partial charge on any atom is -0.480 e. The number of aliphatic hydroxyl groups excluding tert-OH is 2. The number of aliphatic carboxylic acids is 2. The molecule has 7 nitrogen and oxygen atoms in total. The zero-order valence-corrected chi connectivity index (χ0v) is 11.0. The van der Waals surface area contributed by atoms with Gasteiger partial charge in [-0.3, -0.25) is 14.5 Å². The highest BCUT2D eigenvalue weighted by Gasteiger charge is 2.19. The number of carbonyl (C=O) groups is 2. The van der Waals surface area contributed by atoms with Crippen molar-refractivity contribution in [2.24, 2.45) is 0 Å². The molecule has 0 bridgehead atoms. The van der Waals surface area contributed by atoms with E-state index in [4.69, 9.17) is 20.4 Å². The molecule has 0 rings (SSSR count). The molecule has 0 heterocycles. The third kappa shape index (κ3) is 8.29. The molecular formula is C10H19NO6S. The second-order valence-electron chi connectivity index (χ2n) is 3.92. The molecule has 0 spiro atoms. The van der Waals surface area contributed by atoms with Crippen LogP contribution in [0, 0.1) is 0 Å². The SMILES string of the molecule is CC(CSCC(O)CO)N(CC(=O)O)CC(=O)O. The molecule has 0 aliphatic rings. The lowest BCUT2D eigenvalue weighted by Crippen LogP contribution is -2.42. The summed E-state index contributed by atoms with van der Waals surface area (Å²) >= 11 is 1.34. The van der Waals surface area contributed by atoms with Crippen LogP contribution in [0.15, 0.2) is 0 Å². The Morgan fingerprint density at radius 2 is 1.67 bits per heavy atom. The fourth-order valence-electron chi connectivity index (χ4n) is 1.25. The number of carboxylic acids is 2. The van der Waals surface area contributed by atoms with E-state index in [0.29, 0.717) is 11.5 Å². The van der Waals surface area contributed by atoms with Crippen LogP contribution in [0.4, 0.5) is 0 Å². The van der Waals surface area contributed by atoms with Crippen LogP contribution in [0.1, 0.15) is 6.92 Å². The van der Waals surface area contributed by atoms with Gasteiger partial charge in [-0.05, 0) is 6.92 Å². The Morgan fingerprint density at radius 1 is 1.17 bits per heavy atom. The molecular weight excluding hydrogens is 262 g/mol. The molecule has 0 saturated carbocycles. The molecule has 2 unspecified atom stereocenters. The first-order valence-corrected chi connectivity index (χ1v) is 6.56. The fraction of sp³-hybridized carbons (Fsp3) is 0.800. The Kier molecular flexibility index (Phi) is 8.73. The summed E-state index contributed by atoms with van der Waals surface area (Å²) in [5.41, 5.74) is 0. The van der Waals surface area contributed by atoms with Crippen LogP contribution >= 0.6 is 11.8 Å². The van der Waals surface area contributed by atoms with Gasteiger partial charge < -0.3 is 20.4 Å². The van der Waals surface area contributed by atoms with Crippen molar-refractivity contribution < 1.29 is 30.0 Å². The predicted octanol–water partition coefficient (Wildman–Crippen LogP) is -1.07. The molecule has 0 radical (unpaired) electrons. The van der Waals surface area contributed by atoms with Gasteiger partial charge in [-0.25, -0.2) is 0 Å². The summed E-state index contributed by atoms with van der Waals surface area (Å²) in [5.74, 6) is -1.35. The van der Waals surface area contributed by atoms with Gasteiger partial charge in [0.1, 0.15) is 0 Å². The van der Waals surface area contributed by atoms with E-state index in [1.165, 1.54) is 16.7 Å². The first kappa shape index (κ1) is 17.2. The molecule has 18 heavy (non-hydrogen) atoms. The van der Waals surface area contributed by atoms with Gasteiger partial charge in [0.2, 0.25) is 0 Å². The van der Waals surface area contributed by atoms with Crippen LogP contribution in [0.5, 0.6) is 0 Å². The predicted molar refractivity (Wildman–Crippen MR) is 66.7 cm³/mol. The monoisotopic (exact) mass is 281 g/mol. The largest absolute Gasteiger partial charge is 0.480 e. The lowest BCUT2D eigenvalue weighted by atomic mass is 10.3. The van der Waals surface area contributed by atoms with Crippen molar-refractivity contribution in [1.29, 1.82) is 0 Å². The Hall–Kier alpha value is -0.830. The molecule has 0 aromatic heterocycles. The highest BCUT2D eigenvalue weighted by Crippen LogP contribution is 2.10. The van der Waals surface area contributed by atoms with Gasteiger partial charge in [0.15, 0.2) is 0 Å². The van der Waals surface area contributed by atoms with E-state index in [9.17, 15) is 9.59 Å². The van der Waals surface area contributed by atoms with Crippen LogP contribution in [0.2, 0.25) is 0 Å². The Bertz CT molecular complexity index is 259. The van der Waals surface area contributed by atoms with Crippen molar-refractivity contribution in [2.45, 2.75) is 19.1 Å². The van der Waals surface area contributed by atoms with E-state index in [0.717, 1.165) is 0 Å². The quantitative estimate of drug-likeness (QED) is 0.400. The van der Waals surface area contributed by atoms with Crippen LogP contribution in [-0.4, -0.2) is 80.6 Å². The minimum absolute atomic E-state index is 0.243. The van der Waals surface area contributed by atoms with Crippen LogP contribution in [-0.2, 0) is 9.59 Å². The molecule has 0 amide bonds. The molecule has 8 heteroatoms. The molecule has 0 aliphatic carbocycles. The van der Waals surface area contributed by atoms with E-state index in [-0.39, 0.29) is 25.7 Å². The minimum atomic E-state index is -1.08. The van der Waals surface area contributed by atoms with Crippen LogP contribution in [0.25, 0.3) is 0 Å². The zero-order chi connectivity index (χ0) is 14.1. The molecule has 0 aliphatic heterocycles. The third-order valence-electron chi connectivity index (χ3n) is 2.18. The van der Waals surface area contributed by atoms with Gasteiger partial charge in [-0.15, -0.1) is 0 Å². The van der Waals surface area contributed by atoms with E-state index >= 15 is 0 Å². The van der Waals surface area contributed by atoms with Crippen molar-refractivity contribution in [2.75, 3.05) is 31.2 Å². The summed E-state index contributed by atoms with van der Waals surface area (Å²) in [7, 11) is 0. The second-order valence-corrected chi connectivity index (χ2v) is 4.99. The van der Waals surface area contributed by atoms with Crippen molar-refractivity contribution in [3.8, 4) is 0 Å². The second kappa shape index (κ2) is 9.15. The molecule has 2 atom stereocenters. The van der Waals surface area contributed by atoms with Crippen molar-refractivity contribution in [3.63, 3.8) is 0 Å². The van der Waals surface area contributed by atoms with Crippen molar-refractivity contribution >= 4 is 23.7 Å². The Morgan fingerprint density at radius 3 is 2.06 bits per heavy atom.